The first-order valence-electron chi connectivity index (χ1n) is 5.48. The Hall–Kier alpha value is -1.28. The van der Waals surface area contributed by atoms with Crippen LogP contribution in [0.3, 0.4) is 0 Å². The van der Waals surface area contributed by atoms with Gasteiger partial charge in [0.15, 0.2) is 0 Å². The highest BCUT2D eigenvalue weighted by atomic mass is 16.7. The van der Waals surface area contributed by atoms with E-state index in [1.807, 2.05) is 0 Å². The number of benzene rings is 1. The van der Waals surface area contributed by atoms with E-state index in [4.69, 9.17) is 4.84 Å². The molecule has 1 aliphatic carbocycles. The molecule has 0 fully saturated rings. The van der Waals surface area contributed by atoms with Crippen LogP contribution in [0, 0.1) is 0 Å². The lowest BCUT2D eigenvalue weighted by atomic mass is 9.80. The summed E-state index contributed by atoms with van der Waals surface area (Å²) in [4.78, 5) is 5.71. The van der Waals surface area contributed by atoms with Gasteiger partial charge in [0.05, 0.1) is 0 Å². The molecule has 2 heteroatoms. The summed E-state index contributed by atoms with van der Waals surface area (Å²) in [5, 5.41) is 0. The summed E-state index contributed by atoms with van der Waals surface area (Å²) in [6, 6.07) is 8.66. The van der Waals surface area contributed by atoms with Gasteiger partial charge in [0.2, 0.25) is 0 Å². The molecule has 0 saturated carbocycles. The number of hydroxylamine groups is 1. The Morgan fingerprint density at radius 2 is 2.07 bits per heavy atom. The van der Waals surface area contributed by atoms with Gasteiger partial charge in [-0.05, 0) is 37.0 Å². The summed E-state index contributed by atoms with van der Waals surface area (Å²) in [5.41, 5.74) is 6.92. The van der Waals surface area contributed by atoms with E-state index < -0.39 is 0 Å². The summed E-state index contributed by atoms with van der Waals surface area (Å²) < 4.78 is 0. The van der Waals surface area contributed by atoms with E-state index >= 15 is 0 Å². The van der Waals surface area contributed by atoms with E-state index in [1.165, 1.54) is 11.1 Å². The quantitative estimate of drug-likeness (QED) is 0.695. The normalized spacial score (nSPS) is 28.5. The predicted molar refractivity (Wildman–Crippen MR) is 59.2 cm³/mol. The number of hydrogen-bond acceptors (Lipinski definition) is 2. The minimum atomic E-state index is -0.0849. The van der Waals surface area contributed by atoms with E-state index in [9.17, 15) is 0 Å². The highest BCUT2D eigenvalue weighted by molar-refractivity contribution is 5.34. The van der Waals surface area contributed by atoms with Crippen LogP contribution >= 0.6 is 0 Å². The van der Waals surface area contributed by atoms with Gasteiger partial charge in [-0.1, -0.05) is 24.3 Å². The van der Waals surface area contributed by atoms with Crippen molar-refractivity contribution < 1.29 is 4.84 Å². The molecule has 0 saturated heterocycles. The first-order valence-corrected chi connectivity index (χ1v) is 5.48. The lowest BCUT2D eigenvalue weighted by Gasteiger charge is -2.31. The van der Waals surface area contributed by atoms with Gasteiger partial charge in [0, 0.05) is 12.1 Å². The molecule has 15 heavy (non-hydrogen) atoms. The summed E-state index contributed by atoms with van der Waals surface area (Å²) >= 11 is 0. The molecule has 1 aromatic rings. The standard InChI is InChI=1S/C13H15NO/c1-10-8-13(15-14-10)7-6-11-4-2-3-5-12(11)9-13/h2-5,8,14H,6-7,9H2,1H3/t13-/m1/s1. The molecule has 1 N–H and O–H groups in total. The minimum absolute atomic E-state index is 0.0849. The molecule has 1 heterocycles. The maximum absolute atomic E-state index is 5.71. The smallest absolute Gasteiger partial charge is 0.120 e. The summed E-state index contributed by atoms with van der Waals surface area (Å²) in [6.45, 7) is 2.05. The van der Waals surface area contributed by atoms with Crippen LogP contribution in [0.15, 0.2) is 36.0 Å². The van der Waals surface area contributed by atoms with Crippen LogP contribution in [0.25, 0.3) is 0 Å². The van der Waals surface area contributed by atoms with Gasteiger partial charge in [-0.3, -0.25) is 10.3 Å². The topological polar surface area (TPSA) is 21.3 Å². The highest BCUT2D eigenvalue weighted by Crippen LogP contribution is 2.35. The molecule has 3 rings (SSSR count). The van der Waals surface area contributed by atoms with Crippen LogP contribution in [-0.4, -0.2) is 5.60 Å². The third kappa shape index (κ3) is 1.45. The Labute approximate surface area is 89.9 Å². The largest absolute Gasteiger partial charge is 0.271 e. The lowest BCUT2D eigenvalue weighted by molar-refractivity contribution is -0.0475. The average Bonchev–Trinajstić information content (AvgIpc) is 2.60. The third-order valence-electron chi connectivity index (χ3n) is 3.32. The molecule has 1 aliphatic heterocycles. The van der Waals surface area contributed by atoms with Crippen LogP contribution in [0.4, 0.5) is 0 Å². The fourth-order valence-electron chi connectivity index (χ4n) is 2.58. The zero-order chi connectivity index (χ0) is 10.3. The molecule has 0 bridgehead atoms. The van der Waals surface area contributed by atoms with Crippen molar-refractivity contribution in [3.8, 4) is 0 Å². The monoisotopic (exact) mass is 201 g/mol. The Kier molecular flexibility index (Phi) is 1.86. The number of aryl methyl sites for hydroxylation is 1. The van der Waals surface area contributed by atoms with Crippen molar-refractivity contribution in [2.24, 2.45) is 0 Å². The second-order valence-corrected chi connectivity index (χ2v) is 4.54. The average molecular weight is 201 g/mol. The zero-order valence-electron chi connectivity index (χ0n) is 8.92. The molecule has 2 aliphatic rings. The molecule has 1 aromatic carbocycles. The van der Waals surface area contributed by atoms with Crippen molar-refractivity contribution in [2.45, 2.75) is 31.8 Å². The first kappa shape index (κ1) is 8.98. The molecule has 0 amide bonds. The first-order chi connectivity index (χ1) is 7.27. The number of fused-ring (bicyclic) bond motifs is 1. The van der Waals surface area contributed by atoms with Crippen LogP contribution in [0.1, 0.15) is 24.5 Å². The summed E-state index contributed by atoms with van der Waals surface area (Å²) in [5.74, 6) is 0. The molecule has 1 spiro atoms. The second kappa shape index (κ2) is 3.11. The van der Waals surface area contributed by atoms with Gasteiger partial charge in [-0.2, -0.15) is 0 Å². The predicted octanol–water partition coefficient (Wildman–Crippen LogP) is 2.35. The van der Waals surface area contributed by atoms with Crippen molar-refractivity contribution in [3.05, 3.63) is 47.2 Å². The van der Waals surface area contributed by atoms with E-state index in [2.05, 4.69) is 42.7 Å². The van der Waals surface area contributed by atoms with Gasteiger partial charge in [0.25, 0.3) is 0 Å². The third-order valence-corrected chi connectivity index (χ3v) is 3.32. The summed E-state index contributed by atoms with van der Waals surface area (Å²) in [6.07, 6.45) is 5.41. The van der Waals surface area contributed by atoms with Crippen LogP contribution in [0.2, 0.25) is 0 Å². The zero-order valence-corrected chi connectivity index (χ0v) is 8.92. The number of hydrogen-bond donors (Lipinski definition) is 1. The van der Waals surface area contributed by atoms with Gasteiger partial charge in [0.1, 0.15) is 5.60 Å². The molecular weight excluding hydrogens is 186 g/mol. The van der Waals surface area contributed by atoms with Gasteiger partial charge in [-0.15, -0.1) is 0 Å². The fraction of sp³-hybridized carbons (Fsp3) is 0.385. The molecular formula is C13H15NO. The van der Waals surface area contributed by atoms with Crippen LogP contribution in [0.5, 0.6) is 0 Å². The van der Waals surface area contributed by atoms with Crippen LogP contribution in [-0.2, 0) is 17.7 Å². The maximum atomic E-state index is 5.71. The van der Waals surface area contributed by atoms with Crippen molar-refractivity contribution in [1.29, 1.82) is 0 Å². The Bertz CT molecular complexity index is 424. The Morgan fingerprint density at radius 3 is 2.80 bits per heavy atom. The van der Waals surface area contributed by atoms with Crippen molar-refractivity contribution in [1.82, 2.24) is 5.48 Å². The van der Waals surface area contributed by atoms with E-state index in [-0.39, 0.29) is 5.60 Å². The second-order valence-electron chi connectivity index (χ2n) is 4.54. The van der Waals surface area contributed by atoms with Gasteiger partial charge < -0.3 is 0 Å². The highest BCUT2D eigenvalue weighted by Gasteiger charge is 2.37. The van der Waals surface area contributed by atoms with Crippen molar-refractivity contribution >= 4 is 0 Å². The summed E-state index contributed by atoms with van der Waals surface area (Å²) in [7, 11) is 0. The van der Waals surface area contributed by atoms with E-state index in [0.29, 0.717) is 0 Å². The van der Waals surface area contributed by atoms with Crippen molar-refractivity contribution in [3.63, 3.8) is 0 Å². The minimum Gasteiger partial charge on any atom is -0.271 e. The lowest BCUT2D eigenvalue weighted by Crippen LogP contribution is -2.36. The number of nitrogens with one attached hydrogen (secondary N) is 1. The van der Waals surface area contributed by atoms with Gasteiger partial charge in [-0.25, -0.2) is 0 Å². The maximum Gasteiger partial charge on any atom is 0.120 e. The SMILES string of the molecule is CC1=C[C@@]2(CCc3ccccc3C2)ON1. The Morgan fingerprint density at radius 1 is 1.27 bits per heavy atom. The van der Waals surface area contributed by atoms with Crippen LogP contribution < -0.4 is 5.48 Å². The fourth-order valence-corrected chi connectivity index (χ4v) is 2.58. The molecule has 0 radical (unpaired) electrons. The van der Waals surface area contributed by atoms with E-state index in [0.717, 1.165) is 25.0 Å². The molecule has 2 nitrogen and oxygen atoms in total. The molecule has 0 unspecified atom stereocenters. The Balaban J connectivity index is 1.95. The number of allylic oxidation sites excluding steroid dienone is 1. The van der Waals surface area contributed by atoms with E-state index in [1.54, 1.807) is 0 Å². The molecule has 0 aromatic heterocycles. The molecule has 78 valence electrons. The molecule has 1 atom stereocenters. The number of rotatable bonds is 0. The van der Waals surface area contributed by atoms with Gasteiger partial charge >= 0.3 is 0 Å². The van der Waals surface area contributed by atoms with Crippen molar-refractivity contribution in [2.75, 3.05) is 0 Å².